The minimum atomic E-state index is -3.48. The van der Waals surface area contributed by atoms with E-state index in [0.29, 0.717) is 36.9 Å². The van der Waals surface area contributed by atoms with E-state index in [1.807, 2.05) is 6.07 Å². The number of ether oxygens (including phenoxy) is 1. The van der Waals surface area contributed by atoms with Crippen molar-refractivity contribution < 1.29 is 22.7 Å². The second kappa shape index (κ2) is 8.47. The normalized spacial score (nSPS) is 17.0. The number of urea groups is 1. The average Bonchev–Trinajstić information content (AvgIpc) is 3.56. The summed E-state index contributed by atoms with van der Waals surface area (Å²) in [7, 11) is -3.48. The molecule has 7 nitrogen and oxygen atoms in total. The van der Waals surface area contributed by atoms with E-state index in [9.17, 15) is 18.0 Å². The Bertz CT molecular complexity index is 1060. The molecule has 0 unspecified atom stereocenters. The van der Waals surface area contributed by atoms with Gasteiger partial charge in [0.05, 0.1) is 17.3 Å². The van der Waals surface area contributed by atoms with Gasteiger partial charge in [-0.05, 0) is 61.1 Å². The van der Waals surface area contributed by atoms with Crippen LogP contribution in [0.3, 0.4) is 0 Å². The van der Waals surface area contributed by atoms with Gasteiger partial charge in [0.1, 0.15) is 5.75 Å². The van der Waals surface area contributed by atoms with Crippen molar-refractivity contribution in [2.45, 2.75) is 30.6 Å². The molecule has 2 aromatic carbocycles. The highest BCUT2D eigenvalue weighted by Crippen LogP contribution is 2.30. The van der Waals surface area contributed by atoms with Crippen LogP contribution >= 0.6 is 0 Å². The number of sulfone groups is 1. The highest BCUT2D eigenvalue weighted by molar-refractivity contribution is 7.91. The molecule has 30 heavy (non-hydrogen) atoms. The fourth-order valence-electron chi connectivity index (χ4n) is 3.32. The van der Waals surface area contributed by atoms with Crippen LogP contribution in [0.2, 0.25) is 0 Å². The van der Waals surface area contributed by atoms with Crippen LogP contribution in [0.15, 0.2) is 53.4 Å². The maximum Gasteiger partial charge on any atom is 0.328 e. The monoisotopic (exact) mass is 428 g/mol. The van der Waals surface area contributed by atoms with E-state index in [1.54, 1.807) is 42.5 Å². The Morgan fingerprint density at radius 3 is 2.63 bits per heavy atom. The van der Waals surface area contributed by atoms with E-state index in [0.717, 1.165) is 5.56 Å². The molecule has 0 radical (unpaired) electrons. The van der Waals surface area contributed by atoms with Gasteiger partial charge in [-0.1, -0.05) is 18.2 Å². The van der Waals surface area contributed by atoms with Crippen LogP contribution in [0.4, 0.5) is 10.5 Å². The summed E-state index contributed by atoms with van der Waals surface area (Å²) >= 11 is 0. The molecule has 1 N–H and O–H groups in total. The van der Waals surface area contributed by atoms with Crippen molar-refractivity contribution in [1.29, 1.82) is 0 Å². The lowest BCUT2D eigenvalue weighted by Gasteiger charge is -2.26. The van der Waals surface area contributed by atoms with E-state index >= 15 is 0 Å². The fourth-order valence-corrected chi connectivity index (χ4v) is 4.64. The first kappa shape index (κ1) is 20.4. The number of benzene rings is 2. The number of amides is 3. The largest absolute Gasteiger partial charge is 0.493 e. The van der Waals surface area contributed by atoms with Gasteiger partial charge in [0.15, 0.2) is 9.84 Å². The van der Waals surface area contributed by atoms with Crippen LogP contribution in [0.5, 0.6) is 5.75 Å². The van der Waals surface area contributed by atoms with Crippen molar-refractivity contribution in [2.75, 3.05) is 23.8 Å². The number of hydrogen-bond donors (Lipinski definition) is 1. The summed E-state index contributed by atoms with van der Waals surface area (Å²) in [5.41, 5.74) is 1.45. The number of carbonyl (C=O) groups is 2. The maximum absolute atomic E-state index is 12.8. The minimum Gasteiger partial charge on any atom is -0.493 e. The molecule has 0 atom stereocenters. The summed E-state index contributed by atoms with van der Waals surface area (Å²) in [6, 6.07) is 13.4. The summed E-state index contributed by atoms with van der Waals surface area (Å²) in [5.74, 6) is 0.836. The quantitative estimate of drug-likeness (QED) is 0.698. The lowest BCUT2D eigenvalue weighted by molar-refractivity contribution is -0.120. The molecule has 1 saturated heterocycles. The van der Waals surface area contributed by atoms with E-state index < -0.39 is 15.9 Å². The summed E-state index contributed by atoms with van der Waals surface area (Å²) < 4.78 is 31.3. The number of aryl methyl sites for hydroxylation is 1. The maximum atomic E-state index is 12.8. The molecule has 1 aliphatic carbocycles. The third-order valence-electron chi connectivity index (χ3n) is 5.28. The third-order valence-corrected chi connectivity index (χ3v) is 7.00. The number of rotatable bonds is 8. The van der Waals surface area contributed by atoms with Crippen LogP contribution in [-0.4, -0.2) is 39.3 Å². The van der Waals surface area contributed by atoms with Gasteiger partial charge in [-0.3, -0.25) is 15.0 Å². The smallest absolute Gasteiger partial charge is 0.328 e. The molecule has 2 fully saturated rings. The van der Waals surface area contributed by atoms with Gasteiger partial charge in [-0.25, -0.2) is 13.2 Å². The molecule has 2 aliphatic rings. The standard InChI is InChI=1S/C22H24N2O5S/c25-21-9-11-24(22(26)23-21)18-4-1-3-16(13-18)10-12-30(27,28)20-6-2-5-19(14-20)29-15-17-7-8-17/h1-6,13-14,17H,7-12,15H2,(H,23,25,26). The number of hydrogen-bond acceptors (Lipinski definition) is 5. The van der Waals surface area contributed by atoms with Crippen molar-refractivity contribution in [3.8, 4) is 5.75 Å². The van der Waals surface area contributed by atoms with Crippen molar-refractivity contribution in [2.24, 2.45) is 5.92 Å². The van der Waals surface area contributed by atoms with E-state index in [1.165, 1.54) is 17.7 Å². The number of imide groups is 1. The molecule has 8 heteroatoms. The lowest BCUT2D eigenvalue weighted by Crippen LogP contribution is -2.49. The van der Waals surface area contributed by atoms with E-state index in [2.05, 4.69) is 5.32 Å². The fraction of sp³-hybridized carbons (Fsp3) is 0.364. The predicted molar refractivity (Wildman–Crippen MR) is 112 cm³/mol. The lowest BCUT2D eigenvalue weighted by atomic mass is 10.1. The van der Waals surface area contributed by atoms with Crippen LogP contribution in [-0.2, 0) is 21.1 Å². The molecular weight excluding hydrogens is 404 g/mol. The second-order valence-corrected chi connectivity index (χ2v) is 9.83. The Labute approximate surface area is 175 Å². The Kier molecular flexibility index (Phi) is 5.76. The predicted octanol–water partition coefficient (Wildman–Crippen LogP) is 2.94. The molecule has 3 amide bonds. The SMILES string of the molecule is O=C1CCN(c2cccc(CCS(=O)(=O)c3cccc(OCC4CC4)c3)c2)C(=O)N1. The Hall–Kier alpha value is -2.87. The Morgan fingerprint density at radius 2 is 1.87 bits per heavy atom. The molecule has 4 rings (SSSR count). The van der Waals surface area contributed by atoms with Crippen LogP contribution < -0.4 is 15.0 Å². The van der Waals surface area contributed by atoms with Crippen LogP contribution in [0.1, 0.15) is 24.8 Å². The zero-order valence-electron chi connectivity index (χ0n) is 16.5. The van der Waals surface area contributed by atoms with Gasteiger partial charge in [-0.2, -0.15) is 0 Å². The minimum absolute atomic E-state index is 0.0484. The molecular formula is C22H24N2O5S. The molecule has 0 bridgehead atoms. The van der Waals surface area contributed by atoms with Gasteiger partial charge in [-0.15, -0.1) is 0 Å². The van der Waals surface area contributed by atoms with E-state index in [4.69, 9.17) is 4.74 Å². The van der Waals surface area contributed by atoms with Gasteiger partial charge in [0.2, 0.25) is 5.91 Å². The van der Waals surface area contributed by atoms with E-state index in [-0.39, 0.29) is 23.0 Å². The molecule has 1 aliphatic heterocycles. The van der Waals surface area contributed by atoms with Gasteiger partial charge in [0.25, 0.3) is 0 Å². The van der Waals surface area contributed by atoms with Crippen LogP contribution in [0, 0.1) is 5.92 Å². The third kappa shape index (κ3) is 4.99. The zero-order valence-corrected chi connectivity index (χ0v) is 17.4. The highest BCUT2D eigenvalue weighted by Gasteiger charge is 2.25. The molecule has 2 aromatic rings. The summed E-state index contributed by atoms with van der Waals surface area (Å²) in [6.45, 7) is 0.937. The molecule has 0 spiro atoms. The molecule has 0 aromatic heterocycles. The van der Waals surface area contributed by atoms with Gasteiger partial charge < -0.3 is 4.74 Å². The Balaban J connectivity index is 1.42. The average molecular weight is 429 g/mol. The molecule has 1 saturated carbocycles. The Morgan fingerprint density at radius 1 is 1.07 bits per heavy atom. The van der Waals surface area contributed by atoms with Crippen molar-refractivity contribution in [3.05, 3.63) is 54.1 Å². The molecule has 1 heterocycles. The summed E-state index contributed by atoms with van der Waals surface area (Å²) in [5, 5.41) is 2.29. The molecule has 158 valence electrons. The van der Waals surface area contributed by atoms with Crippen molar-refractivity contribution in [1.82, 2.24) is 5.32 Å². The topological polar surface area (TPSA) is 92.8 Å². The highest BCUT2D eigenvalue weighted by atomic mass is 32.2. The van der Waals surface area contributed by atoms with Crippen LogP contribution in [0.25, 0.3) is 0 Å². The van der Waals surface area contributed by atoms with Crippen molar-refractivity contribution >= 4 is 27.5 Å². The first-order valence-electron chi connectivity index (χ1n) is 10.1. The first-order chi connectivity index (χ1) is 14.4. The number of anilines is 1. The van der Waals surface area contributed by atoms with Gasteiger partial charge >= 0.3 is 6.03 Å². The van der Waals surface area contributed by atoms with Crippen molar-refractivity contribution in [3.63, 3.8) is 0 Å². The number of carbonyl (C=O) groups excluding carboxylic acids is 2. The zero-order chi connectivity index (χ0) is 21.1. The first-order valence-corrected chi connectivity index (χ1v) is 11.7. The second-order valence-electron chi connectivity index (χ2n) is 7.72. The summed E-state index contributed by atoms with van der Waals surface area (Å²) in [6.07, 6.45) is 2.90. The summed E-state index contributed by atoms with van der Waals surface area (Å²) in [4.78, 5) is 25.1. The number of nitrogens with zero attached hydrogens (tertiary/aromatic N) is 1. The van der Waals surface area contributed by atoms with Gasteiger partial charge in [0, 0.05) is 18.7 Å². The number of nitrogens with one attached hydrogen (secondary N) is 1.